The van der Waals surface area contributed by atoms with E-state index in [9.17, 15) is 4.79 Å². The Labute approximate surface area is 125 Å². The van der Waals surface area contributed by atoms with Crippen LogP contribution in [0.3, 0.4) is 0 Å². The molecule has 1 aromatic rings. The lowest BCUT2D eigenvalue weighted by Gasteiger charge is -2.33. The number of hydrogen-bond donors (Lipinski definition) is 1. The van der Waals surface area contributed by atoms with Gasteiger partial charge in [-0.1, -0.05) is 30.9 Å². The number of amides is 1. The van der Waals surface area contributed by atoms with Crippen molar-refractivity contribution < 1.29 is 4.79 Å². The van der Waals surface area contributed by atoms with Crippen LogP contribution >= 0.6 is 11.6 Å². The fourth-order valence-electron chi connectivity index (χ4n) is 2.87. The molecule has 1 amide bonds. The van der Waals surface area contributed by atoms with Gasteiger partial charge in [-0.2, -0.15) is 0 Å². The Balaban J connectivity index is 2.21. The quantitative estimate of drug-likeness (QED) is 0.864. The molecular weight excluding hydrogens is 274 g/mol. The molecule has 2 rings (SSSR count). The predicted molar refractivity (Wildman–Crippen MR) is 82.4 cm³/mol. The predicted octanol–water partition coefficient (Wildman–Crippen LogP) is 3.57. The van der Waals surface area contributed by atoms with Crippen LogP contribution in [-0.2, 0) is 0 Å². The van der Waals surface area contributed by atoms with Gasteiger partial charge in [-0.15, -0.1) is 0 Å². The molecule has 20 heavy (non-hydrogen) atoms. The van der Waals surface area contributed by atoms with E-state index in [4.69, 9.17) is 11.6 Å². The summed E-state index contributed by atoms with van der Waals surface area (Å²) in [6.07, 6.45) is 5.93. The molecular formula is C15H22ClN3O. The maximum Gasteiger partial charge on any atom is 0.254 e. The molecule has 0 spiro atoms. The van der Waals surface area contributed by atoms with Crippen LogP contribution in [0.4, 0.5) is 5.82 Å². The number of carbonyl (C=O) groups excluding carboxylic acids is 1. The number of nitrogens with zero attached hydrogens (tertiary/aromatic N) is 2. The maximum absolute atomic E-state index is 12.7. The Morgan fingerprint density at radius 1 is 1.40 bits per heavy atom. The van der Waals surface area contributed by atoms with Crippen molar-refractivity contribution in [2.75, 3.05) is 18.9 Å². The van der Waals surface area contributed by atoms with Crippen LogP contribution in [0.25, 0.3) is 0 Å². The molecule has 0 bridgehead atoms. The summed E-state index contributed by atoms with van der Waals surface area (Å²) in [6, 6.07) is 3.78. The average Bonchev–Trinajstić information content (AvgIpc) is 2.48. The SMILES string of the molecule is CCN(C(=O)c1cc(Cl)nc(NC)c1)C1CCCCC1. The summed E-state index contributed by atoms with van der Waals surface area (Å²) in [5, 5.41) is 3.28. The van der Waals surface area contributed by atoms with E-state index in [0.29, 0.717) is 22.6 Å². The van der Waals surface area contributed by atoms with Gasteiger partial charge in [-0.25, -0.2) is 4.98 Å². The molecule has 0 atom stereocenters. The largest absolute Gasteiger partial charge is 0.373 e. The highest BCUT2D eigenvalue weighted by Gasteiger charge is 2.25. The number of carbonyl (C=O) groups is 1. The Hall–Kier alpha value is -1.29. The molecule has 1 fully saturated rings. The van der Waals surface area contributed by atoms with Crippen LogP contribution in [0.2, 0.25) is 5.15 Å². The third-order valence-electron chi connectivity index (χ3n) is 3.91. The Bertz CT molecular complexity index is 472. The molecule has 0 radical (unpaired) electrons. The van der Waals surface area contributed by atoms with Gasteiger partial charge in [0.25, 0.3) is 5.91 Å². The Morgan fingerprint density at radius 3 is 2.70 bits per heavy atom. The van der Waals surface area contributed by atoms with Gasteiger partial charge in [0, 0.05) is 25.2 Å². The molecule has 0 unspecified atom stereocenters. The van der Waals surface area contributed by atoms with E-state index in [2.05, 4.69) is 10.3 Å². The van der Waals surface area contributed by atoms with Crippen molar-refractivity contribution in [2.24, 2.45) is 0 Å². The van der Waals surface area contributed by atoms with E-state index in [1.54, 1.807) is 19.2 Å². The van der Waals surface area contributed by atoms with Crippen molar-refractivity contribution in [3.05, 3.63) is 22.8 Å². The summed E-state index contributed by atoms with van der Waals surface area (Å²) < 4.78 is 0. The molecule has 1 N–H and O–H groups in total. The van der Waals surface area contributed by atoms with Gasteiger partial charge in [0.15, 0.2) is 0 Å². The number of rotatable bonds is 4. The summed E-state index contributed by atoms with van der Waals surface area (Å²) in [4.78, 5) is 18.8. The van der Waals surface area contributed by atoms with Gasteiger partial charge in [0.1, 0.15) is 11.0 Å². The number of aromatic nitrogens is 1. The summed E-state index contributed by atoms with van der Waals surface area (Å²) in [6.45, 7) is 2.77. The lowest BCUT2D eigenvalue weighted by Crippen LogP contribution is -2.41. The van der Waals surface area contributed by atoms with Gasteiger partial charge in [-0.05, 0) is 31.9 Å². The zero-order valence-corrected chi connectivity index (χ0v) is 12.9. The maximum atomic E-state index is 12.7. The average molecular weight is 296 g/mol. The highest BCUT2D eigenvalue weighted by atomic mass is 35.5. The van der Waals surface area contributed by atoms with E-state index in [-0.39, 0.29) is 5.91 Å². The van der Waals surface area contributed by atoms with Gasteiger partial charge in [-0.3, -0.25) is 4.79 Å². The minimum absolute atomic E-state index is 0.0557. The van der Waals surface area contributed by atoms with E-state index >= 15 is 0 Å². The Kier molecular flexibility index (Phi) is 5.24. The molecule has 0 aromatic carbocycles. The Morgan fingerprint density at radius 2 is 2.10 bits per heavy atom. The summed E-state index contributed by atoms with van der Waals surface area (Å²) in [5.41, 5.74) is 0.613. The molecule has 0 aliphatic heterocycles. The number of pyridine rings is 1. The van der Waals surface area contributed by atoms with Crippen molar-refractivity contribution in [3.8, 4) is 0 Å². The molecule has 5 heteroatoms. The van der Waals surface area contributed by atoms with E-state index in [0.717, 1.165) is 19.4 Å². The molecule has 1 saturated carbocycles. The first-order valence-electron chi connectivity index (χ1n) is 7.32. The lowest BCUT2D eigenvalue weighted by atomic mass is 9.94. The minimum Gasteiger partial charge on any atom is -0.373 e. The molecule has 1 aromatic heterocycles. The van der Waals surface area contributed by atoms with E-state index in [1.807, 2.05) is 11.8 Å². The van der Waals surface area contributed by atoms with Crippen molar-refractivity contribution >= 4 is 23.3 Å². The molecule has 1 aliphatic carbocycles. The molecule has 4 nitrogen and oxygen atoms in total. The highest BCUT2D eigenvalue weighted by Crippen LogP contribution is 2.25. The highest BCUT2D eigenvalue weighted by molar-refractivity contribution is 6.29. The number of halogens is 1. The first-order chi connectivity index (χ1) is 9.65. The zero-order valence-electron chi connectivity index (χ0n) is 12.2. The van der Waals surface area contributed by atoms with Crippen molar-refractivity contribution in [3.63, 3.8) is 0 Å². The van der Waals surface area contributed by atoms with Crippen LogP contribution in [0.15, 0.2) is 12.1 Å². The molecule has 110 valence electrons. The standard InChI is InChI=1S/C15H22ClN3O/c1-3-19(12-7-5-4-6-8-12)15(20)11-9-13(16)18-14(10-11)17-2/h9-10,12H,3-8H2,1-2H3,(H,17,18). The van der Waals surface area contributed by atoms with E-state index < -0.39 is 0 Å². The first-order valence-corrected chi connectivity index (χ1v) is 7.69. The van der Waals surface area contributed by atoms with Crippen molar-refractivity contribution in [1.29, 1.82) is 0 Å². The van der Waals surface area contributed by atoms with Crippen LogP contribution in [0, 0.1) is 0 Å². The third-order valence-corrected chi connectivity index (χ3v) is 4.11. The fourth-order valence-corrected chi connectivity index (χ4v) is 3.08. The smallest absolute Gasteiger partial charge is 0.254 e. The second-order valence-corrected chi connectivity index (χ2v) is 5.58. The first kappa shape index (κ1) is 15.1. The van der Waals surface area contributed by atoms with Gasteiger partial charge >= 0.3 is 0 Å². The van der Waals surface area contributed by atoms with Gasteiger partial charge < -0.3 is 10.2 Å². The third kappa shape index (κ3) is 3.42. The van der Waals surface area contributed by atoms with E-state index in [1.165, 1.54) is 19.3 Å². The summed E-state index contributed by atoms with van der Waals surface area (Å²) in [7, 11) is 1.77. The lowest BCUT2D eigenvalue weighted by molar-refractivity contribution is 0.0648. The van der Waals surface area contributed by atoms with Crippen LogP contribution in [0.5, 0.6) is 0 Å². The molecule has 1 aliphatic rings. The monoisotopic (exact) mass is 295 g/mol. The van der Waals surface area contributed by atoms with Gasteiger partial charge in [0.2, 0.25) is 0 Å². The van der Waals surface area contributed by atoms with Crippen LogP contribution < -0.4 is 5.32 Å². The number of hydrogen-bond acceptors (Lipinski definition) is 3. The minimum atomic E-state index is 0.0557. The van der Waals surface area contributed by atoms with Gasteiger partial charge in [0.05, 0.1) is 0 Å². The van der Waals surface area contributed by atoms with Crippen LogP contribution in [-0.4, -0.2) is 35.4 Å². The number of anilines is 1. The van der Waals surface area contributed by atoms with Crippen molar-refractivity contribution in [1.82, 2.24) is 9.88 Å². The van der Waals surface area contributed by atoms with Crippen molar-refractivity contribution in [2.45, 2.75) is 45.1 Å². The van der Waals surface area contributed by atoms with Crippen LogP contribution in [0.1, 0.15) is 49.4 Å². The second kappa shape index (κ2) is 6.93. The zero-order chi connectivity index (χ0) is 14.5. The molecule has 1 heterocycles. The summed E-state index contributed by atoms with van der Waals surface area (Å²) in [5.74, 6) is 0.681. The topological polar surface area (TPSA) is 45.2 Å². The second-order valence-electron chi connectivity index (χ2n) is 5.20. The fraction of sp³-hybridized carbons (Fsp3) is 0.600. The number of nitrogens with one attached hydrogen (secondary N) is 1. The molecule has 0 saturated heterocycles. The summed E-state index contributed by atoms with van der Waals surface area (Å²) >= 11 is 5.98. The normalized spacial score (nSPS) is 15.9.